The number of alkyl halides is 2. The molecule has 0 spiro atoms. The number of nitrogens with zero attached hydrogens (tertiary/aromatic N) is 2. The van der Waals surface area contributed by atoms with E-state index in [1.807, 2.05) is 103 Å². The van der Waals surface area contributed by atoms with Crippen molar-refractivity contribution in [3.05, 3.63) is 108 Å². The Hall–Kier alpha value is -3.97. The van der Waals surface area contributed by atoms with E-state index in [1.165, 1.54) is 0 Å². The van der Waals surface area contributed by atoms with Crippen molar-refractivity contribution in [2.75, 3.05) is 45.7 Å². The lowest BCUT2D eigenvalue weighted by Crippen LogP contribution is -2.27. The normalized spacial score (nSPS) is 10.8. The minimum Gasteiger partial charge on any atom is -0.369 e. The third-order valence-corrected chi connectivity index (χ3v) is 7.01. The number of carbonyl (C=O) groups excluding carboxylic acids is 1. The van der Waals surface area contributed by atoms with Gasteiger partial charge in [-0.2, -0.15) is 0 Å². The summed E-state index contributed by atoms with van der Waals surface area (Å²) in [4.78, 5) is 19.9. The van der Waals surface area contributed by atoms with E-state index < -0.39 is 0 Å². The van der Waals surface area contributed by atoms with Crippen LogP contribution >= 0.6 is 34.8 Å². The molecule has 0 saturated carbocycles. The molecular weight excluding hydrogens is 577 g/mol. The van der Waals surface area contributed by atoms with Crippen molar-refractivity contribution in [2.24, 2.45) is 0 Å². The highest BCUT2D eigenvalue weighted by molar-refractivity contribution is 6.30. The maximum Gasteiger partial charge on any atom is 0.323 e. The van der Waals surface area contributed by atoms with Crippen LogP contribution in [0.3, 0.4) is 0 Å². The van der Waals surface area contributed by atoms with Gasteiger partial charge in [0.25, 0.3) is 0 Å². The second-order valence-electron chi connectivity index (χ2n) is 9.28. The molecule has 0 saturated heterocycles. The lowest BCUT2D eigenvalue weighted by Gasteiger charge is -2.23. The summed E-state index contributed by atoms with van der Waals surface area (Å²) in [6, 6.07) is 32.4. The molecule has 0 aliphatic carbocycles. The minimum absolute atomic E-state index is 0.353. The predicted molar refractivity (Wildman–Crippen MR) is 175 cm³/mol. The minimum atomic E-state index is -0.353. The second kappa shape index (κ2) is 13.6. The number of carbonyl (C=O) groups is 1. The van der Waals surface area contributed by atoms with E-state index in [9.17, 15) is 4.79 Å². The van der Waals surface area contributed by atoms with Gasteiger partial charge in [0.1, 0.15) is 0 Å². The molecule has 5 aromatic rings. The average molecular weight is 605 g/mol. The predicted octanol–water partition coefficient (Wildman–Crippen LogP) is 9.23. The quantitative estimate of drug-likeness (QED) is 0.139. The molecule has 1 heterocycles. The van der Waals surface area contributed by atoms with Gasteiger partial charge in [-0.1, -0.05) is 48.0 Å². The van der Waals surface area contributed by atoms with Crippen molar-refractivity contribution in [1.29, 1.82) is 0 Å². The summed E-state index contributed by atoms with van der Waals surface area (Å²) in [7, 11) is 0. The first kappa shape index (κ1) is 28.6. The monoisotopic (exact) mass is 603 g/mol. The molecule has 2 amide bonds. The summed E-state index contributed by atoms with van der Waals surface area (Å²) < 4.78 is 0. The Morgan fingerprint density at radius 2 is 1.44 bits per heavy atom. The van der Waals surface area contributed by atoms with Gasteiger partial charge >= 0.3 is 6.03 Å². The SMILES string of the molecule is O=C(Nc1ccc(N(CCCl)CCCl)cc1)Nc1ccc2nc(-c3ccccc3)cc(Nc3cccc(Cl)c3)c2c1. The van der Waals surface area contributed by atoms with E-state index >= 15 is 0 Å². The van der Waals surface area contributed by atoms with Crippen molar-refractivity contribution in [3.63, 3.8) is 0 Å². The van der Waals surface area contributed by atoms with Crippen molar-refractivity contribution in [2.45, 2.75) is 0 Å². The number of amides is 2. The second-order valence-corrected chi connectivity index (χ2v) is 10.5. The summed E-state index contributed by atoms with van der Waals surface area (Å²) in [6.07, 6.45) is 0. The topological polar surface area (TPSA) is 69.3 Å². The first-order valence-corrected chi connectivity index (χ1v) is 14.5. The fraction of sp³-hybridized carbons (Fsp3) is 0.125. The van der Waals surface area contributed by atoms with Gasteiger partial charge in [-0.25, -0.2) is 9.78 Å². The molecule has 1 aromatic heterocycles. The summed E-state index contributed by atoms with van der Waals surface area (Å²) >= 11 is 18.1. The first-order chi connectivity index (χ1) is 20.0. The van der Waals surface area contributed by atoms with Crippen LogP contribution in [-0.4, -0.2) is 35.9 Å². The molecule has 0 atom stereocenters. The standard InChI is InChI=1S/C32H28Cl3N5O/c33-15-17-40(18-16-34)27-12-9-24(10-13-27)37-32(41)38-26-11-14-29-28(20-26)31(36-25-8-4-7-23(35)19-25)21-30(39-29)22-5-2-1-3-6-22/h1-14,19-21H,15-18H2,(H,36,39)(H2,37,38,41). The summed E-state index contributed by atoms with van der Waals surface area (Å²) in [6.45, 7) is 1.39. The van der Waals surface area contributed by atoms with Crippen molar-refractivity contribution in [1.82, 2.24) is 4.98 Å². The molecule has 0 unspecified atom stereocenters. The first-order valence-electron chi connectivity index (χ1n) is 13.1. The number of pyridine rings is 1. The van der Waals surface area contributed by atoms with Crippen LogP contribution in [-0.2, 0) is 0 Å². The molecule has 0 aliphatic rings. The van der Waals surface area contributed by atoms with Gasteiger partial charge in [0.05, 0.1) is 16.9 Å². The van der Waals surface area contributed by atoms with E-state index in [4.69, 9.17) is 39.8 Å². The molecule has 41 heavy (non-hydrogen) atoms. The number of halogens is 3. The summed E-state index contributed by atoms with van der Waals surface area (Å²) in [5, 5.41) is 10.8. The lowest BCUT2D eigenvalue weighted by atomic mass is 10.1. The number of aromatic nitrogens is 1. The average Bonchev–Trinajstić information content (AvgIpc) is 2.98. The molecule has 208 valence electrons. The Bertz CT molecular complexity index is 1620. The van der Waals surface area contributed by atoms with Crippen LogP contribution in [0.25, 0.3) is 22.2 Å². The van der Waals surface area contributed by atoms with E-state index in [0.29, 0.717) is 41.2 Å². The Labute approximate surface area is 254 Å². The van der Waals surface area contributed by atoms with Crippen molar-refractivity contribution >= 4 is 80.2 Å². The molecule has 3 N–H and O–H groups in total. The van der Waals surface area contributed by atoms with Gasteiger partial charge in [0.15, 0.2) is 0 Å². The zero-order valence-corrected chi connectivity index (χ0v) is 24.3. The fourth-order valence-corrected chi connectivity index (χ4v) is 5.11. The van der Waals surface area contributed by atoms with Crippen molar-refractivity contribution in [3.8, 4) is 11.3 Å². The Kier molecular flexibility index (Phi) is 9.47. The fourth-order valence-electron chi connectivity index (χ4n) is 4.51. The van der Waals surface area contributed by atoms with Gasteiger partial charge < -0.3 is 20.9 Å². The highest BCUT2D eigenvalue weighted by Crippen LogP contribution is 2.33. The number of fused-ring (bicyclic) bond motifs is 1. The summed E-state index contributed by atoms with van der Waals surface area (Å²) in [5.74, 6) is 1.01. The number of urea groups is 1. The number of hydrogen-bond donors (Lipinski definition) is 3. The van der Waals surface area contributed by atoms with Gasteiger partial charge in [-0.05, 0) is 66.7 Å². The zero-order chi connectivity index (χ0) is 28.6. The highest BCUT2D eigenvalue weighted by atomic mass is 35.5. The van der Waals surface area contributed by atoms with Crippen LogP contribution in [0.15, 0.2) is 103 Å². The van der Waals surface area contributed by atoms with Gasteiger partial charge in [0, 0.05) is 63.6 Å². The molecule has 0 radical (unpaired) electrons. The third-order valence-electron chi connectivity index (χ3n) is 6.44. The smallest absolute Gasteiger partial charge is 0.323 e. The molecular formula is C32H28Cl3N5O. The molecule has 5 rings (SSSR count). The molecule has 6 nitrogen and oxygen atoms in total. The van der Waals surface area contributed by atoms with E-state index in [0.717, 1.165) is 39.2 Å². The van der Waals surface area contributed by atoms with E-state index in [-0.39, 0.29) is 6.03 Å². The Morgan fingerprint density at radius 3 is 2.15 bits per heavy atom. The Morgan fingerprint density at radius 1 is 0.732 bits per heavy atom. The molecule has 9 heteroatoms. The maximum absolute atomic E-state index is 12.9. The van der Waals surface area contributed by atoms with Crippen LogP contribution < -0.4 is 20.9 Å². The molecule has 0 fully saturated rings. The molecule has 0 aliphatic heterocycles. The van der Waals surface area contributed by atoms with Crippen LogP contribution in [0.1, 0.15) is 0 Å². The largest absolute Gasteiger partial charge is 0.369 e. The number of nitrogens with one attached hydrogen (secondary N) is 3. The van der Waals surface area contributed by atoms with Gasteiger partial charge in [0.2, 0.25) is 0 Å². The Balaban J connectivity index is 1.38. The molecule has 0 bridgehead atoms. The zero-order valence-electron chi connectivity index (χ0n) is 22.1. The van der Waals surface area contributed by atoms with Crippen LogP contribution in [0.2, 0.25) is 5.02 Å². The number of benzene rings is 4. The lowest BCUT2D eigenvalue weighted by molar-refractivity contribution is 0.262. The van der Waals surface area contributed by atoms with Crippen LogP contribution in [0.5, 0.6) is 0 Å². The van der Waals surface area contributed by atoms with Gasteiger partial charge in [-0.15, -0.1) is 23.2 Å². The van der Waals surface area contributed by atoms with Crippen LogP contribution in [0.4, 0.5) is 33.2 Å². The maximum atomic E-state index is 12.9. The van der Waals surface area contributed by atoms with Crippen molar-refractivity contribution < 1.29 is 4.79 Å². The third kappa shape index (κ3) is 7.41. The number of rotatable bonds is 10. The van der Waals surface area contributed by atoms with Gasteiger partial charge in [-0.3, -0.25) is 0 Å². The summed E-state index contributed by atoms with van der Waals surface area (Å²) in [5.41, 5.74) is 6.61. The number of hydrogen-bond acceptors (Lipinski definition) is 4. The number of anilines is 5. The molecule has 4 aromatic carbocycles. The van der Waals surface area contributed by atoms with E-state index in [1.54, 1.807) is 0 Å². The van der Waals surface area contributed by atoms with Crippen LogP contribution in [0, 0.1) is 0 Å². The highest BCUT2D eigenvalue weighted by Gasteiger charge is 2.12. The van der Waals surface area contributed by atoms with E-state index in [2.05, 4.69) is 20.9 Å².